The molecule has 0 unspecified atom stereocenters. The summed E-state index contributed by atoms with van der Waals surface area (Å²) in [4.78, 5) is 11.0. The van der Waals surface area contributed by atoms with E-state index in [4.69, 9.17) is 0 Å². The van der Waals surface area contributed by atoms with Crippen molar-refractivity contribution in [1.82, 2.24) is 5.32 Å². The lowest BCUT2D eigenvalue weighted by Crippen LogP contribution is -2.17. The number of carbonyl (C=O) groups is 1. The lowest BCUT2D eigenvalue weighted by molar-refractivity contribution is -0.119. The summed E-state index contributed by atoms with van der Waals surface area (Å²) in [5.41, 5.74) is 1.21. The van der Waals surface area contributed by atoms with E-state index in [9.17, 15) is 4.79 Å². The lowest BCUT2D eigenvalue weighted by Gasteiger charge is -2.02. The van der Waals surface area contributed by atoms with Gasteiger partial charge in [-0.1, -0.05) is 78.7 Å². The van der Waals surface area contributed by atoms with Crippen LogP contribution in [0.5, 0.6) is 0 Å². The Labute approximate surface area is 147 Å². The molecule has 0 spiro atoms. The smallest absolute Gasteiger partial charge is 0.223 e. The van der Waals surface area contributed by atoms with E-state index in [-0.39, 0.29) is 5.91 Å². The first kappa shape index (κ1) is 33.2. The van der Waals surface area contributed by atoms with Crippen molar-refractivity contribution in [2.45, 2.75) is 88.0 Å². The molecule has 23 heavy (non-hydrogen) atoms. The fourth-order valence-electron chi connectivity index (χ4n) is 1.01. The van der Waals surface area contributed by atoms with Crippen LogP contribution in [0.25, 0.3) is 0 Å². The summed E-state index contributed by atoms with van der Waals surface area (Å²) in [5.74, 6) is 2.34. The van der Waals surface area contributed by atoms with Crippen LogP contribution in [0.4, 0.5) is 0 Å². The van der Waals surface area contributed by atoms with Gasteiger partial charge >= 0.3 is 0 Å². The largest absolute Gasteiger partial charge is 0.359 e. The second-order valence-electron chi connectivity index (χ2n) is 3.87. The Balaban J connectivity index is -0.0000000897. The van der Waals surface area contributed by atoms with Crippen LogP contribution in [0.3, 0.4) is 0 Å². The van der Waals surface area contributed by atoms with Gasteiger partial charge in [0.15, 0.2) is 0 Å². The topological polar surface area (TPSA) is 29.1 Å². The number of nitrogens with one attached hydrogen (secondary N) is 1. The van der Waals surface area contributed by atoms with E-state index in [0.717, 1.165) is 12.8 Å². The Bertz CT molecular complexity index is 283. The van der Waals surface area contributed by atoms with Crippen LogP contribution < -0.4 is 5.32 Å². The molecular formula is C21H43NO. The zero-order chi connectivity index (χ0) is 19.5. The lowest BCUT2D eigenvalue weighted by atomic mass is 10.1. The van der Waals surface area contributed by atoms with Crippen LogP contribution in [0.1, 0.15) is 88.0 Å². The predicted octanol–water partition coefficient (Wildman–Crippen LogP) is 6.53. The molecule has 1 N–H and O–H groups in total. The van der Waals surface area contributed by atoms with E-state index < -0.39 is 0 Å². The minimum Gasteiger partial charge on any atom is -0.359 e. The summed E-state index contributed by atoms with van der Waals surface area (Å²) in [6, 6.07) is 0. The molecule has 0 aromatic rings. The number of amides is 1. The number of allylic oxidation sites excluding steroid dienone is 3. The van der Waals surface area contributed by atoms with E-state index in [1.165, 1.54) is 12.0 Å². The fraction of sp³-hybridized carbons (Fsp3) is 0.667. The minimum atomic E-state index is 0.0913. The zero-order valence-electron chi connectivity index (χ0n) is 17.5. The van der Waals surface area contributed by atoms with Gasteiger partial charge in [0.05, 0.1) is 0 Å². The maximum atomic E-state index is 11.0. The molecule has 2 nitrogen and oxygen atoms in total. The van der Waals surface area contributed by atoms with E-state index >= 15 is 0 Å². The summed E-state index contributed by atoms with van der Waals surface area (Å²) >= 11 is 0. The van der Waals surface area contributed by atoms with Gasteiger partial charge in [-0.15, -0.1) is 12.3 Å². The minimum absolute atomic E-state index is 0.0913. The molecule has 0 radical (unpaired) electrons. The third-order valence-corrected chi connectivity index (χ3v) is 1.90. The quantitative estimate of drug-likeness (QED) is 0.451. The first-order chi connectivity index (χ1) is 11.1. The molecule has 0 rings (SSSR count). The van der Waals surface area contributed by atoms with Gasteiger partial charge in [-0.05, 0) is 26.7 Å². The summed E-state index contributed by atoms with van der Waals surface area (Å²) in [7, 11) is 1.67. The van der Waals surface area contributed by atoms with Gasteiger partial charge in [-0.25, -0.2) is 0 Å². The van der Waals surface area contributed by atoms with Crippen LogP contribution >= 0.6 is 0 Å². The highest BCUT2D eigenvalue weighted by Gasteiger charge is 2.00. The molecule has 0 fully saturated rings. The molecule has 0 saturated carbocycles. The van der Waals surface area contributed by atoms with E-state index in [0.29, 0.717) is 6.42 Å². The molecule has 2 heteroatoms. The van der Waals surface area contributed by atoms with E-state index in [2.05, 4.69) is 50.6 Å². The van der Waals surface area contributed by atoms with Crippen LogP contribution in [0.2, 0.25) is 0 Å². The fourth-order valence-corrected chi connectivity index (χ4v) is 1.01. The molecule has 0 heterocycles. The average molecular weight is 326 g/mol. The van der Waals surface area contributed by atoms with Gasteiger partial charge in [0.2, 0.25) is 5.91 Å². The monoisotopic (exact) mass is 325 g/mol. The van der Waals surface area contributed by atoms with Gasteiger partial charge < -0.3 is 5.32 Å². The molecule has 0 aliphatic rings. The Morgan fingerprint density at radius 3 is 1.78 bits per heavy atom. The number of terminal acetylenes is 1. The third-order valence-electron chi connectivity index (χ3n) is 1.90. The van der Waals surface area contributed by atoms with Crippen molar-refractivity contribution in [2.75, 3.05) is 7.05 Å². The van der Waals surface area contributed by atoms with Crippen molar-refractivity contribution < 1.29 is 4.79 Å². The SMILES string of the molecule is C#CC.C/C=C\C/C=C(\CC)CC(=O)NC.CC.CC.CCC. The van der Waals surface area contributed by atoms with Gasteiger partial charge in [0, 0.05) is 13.5 Å². The number of carbonyl (C=O) groups excluding carboxylic acids is 1. The Morgan fingerprint density at radius 1 is 1.13 bits per heavy atom. The van der Waals surface area contributed by atoms with Gasteiger partial charge in [-0.3, -0.25) is 4.79 Å². The number of rotatable bonds is 5. The maximum absolute atomic E-state index is 11.0. The molecule has 0 atom stereocenters. The number of hydrogen-bond acceptors (Lipinski definition) is 1. The number of hydrogen-bond donors (Lipinski definition) is 1. The summed E-state index contributed by atoms with van der Waals surface area (Å²) < 4.78 is 0. The van der Waals surface area contributed by atoms with Crippen LogP contribution in [-0.4, -0.2) is 13.0 Å². The normalized spacial score (nSPS) is 8.48. The zero-order valence-corrected chi connectivity index (χ0v) is 17.5. The highest BCUT2D eigenvalue weighted by atomic mass is 16.1. The molecule has 138 valence electrons. The highest BCUT2D eigenvalue weighted by molar-refractivity contribution is 5.78. The molecule has 1 amide bonds. The summed E-state index contributed by atoms with van der Waals surface area (Å²) in [6.07, 6.45) is 14.5. The van der Waals surface area contributed by atoms with Crippen molar-refractivity contribution in [2.24, 2.45) is 0 Å². The van der Waals surface area contributed by atoms with Crippen molar-refractivity contribution in [3.8, 4) is 12.3 Å². The molecule has 0 bridgehead atoms. The predicted molar refractivity (Wildman–Crippen MR) is 110 cm³/mol. The van der Waals surface area contributed by atoms with Crippen molar-refractivity contribution in [1.29, 1.82) is 0 Å². The summed E-state index contributed by atoms with van der Waals surface area (Å²) in [5, 5.41) is 2.62. The second-order valence-corrected chi connectivity index (χ2v) is 3.87. The van der Waals surface area contributed by atoms with Crippen LogP contribution in [0.15, 0.2) is 23.8 Å². The average Bonchev–Trinajstić information content (AvgIpc) is 2.59. The Kier molecular flexibility index (Phi) is 61.7. The highest BCUT2D eigenvalue weighted by Crippen LogP contribution is 2.07. The van der Waals surface area contributed by atoms with Crippen LogP contribution in [0, 0.1) is 12.3 Å². The second kappa shape index (κ2) is 42.8. The first-order valence-corrected chi connectivity index (χ1v) is 8.94. The first-order valence-electron chi connectivity index (χ1n) is 8.94. The Morgan fingerprint density at radius 2 is 1.52 bits per heavy atom. The van der Waals surface area contributed by atoms with Gasteiger partial charge in [0.25, 0.3) is 0 Å². The van der Waals surface area contributed by atoms with E-state index in [1.54, 1.807) is 14.0 Å². The maximum Gasteiger partial charge on any atom is 0.223 e. The van der Waals surface area contributed by atoms with Crippen LogP contribution in [-0.2, 0) is 4.79 Å². The van der Waals surface area contributed by atoms with E-state index in [1.807, 2.05) is 40.7 Å². The molecule has 0 aromatic heterocycles. The summed E-state index contributed by atoms with van der Waals surface area (Å²) in [6.45, 7) is 18.0. The van der Waals surface area contributed by atoms with Crippen molar-refractivity contribution >= 4 is 5.91 Å². The van der Waals surface area contributed by atoms with Gasteiger partial charge in [-0.2, -0.15) is 0 Å². The molecule has 0 aliphatic heterocycles. The molecule has 0 aliphatic carbocycles. The van der Waals surface area contributed by atoms with Crippen molar-refractivity contribution in [3.63, 3.8) is 0 Å². The van der Waals surface area contributed by atoms with Crippen molar-refractivity contribution in [3.05, 3.63) is 23.8 Å². The third kappa shape index (κ3) is 53.0. The molecular weight excluding hydrogens is 282 g/mol. The molecule has 0 saturated heterocycles. The van der Waals surface area contributed by atoms with Gasteiger partial charge in [0.1, 0.15) is 0 Å². The standard InChI is InChI=1S/C11H19NO.C3H8.C3H4.2C2H6/c1-4-6-7-8-10(5-2)9-11(13)12-3;2*1-3-2;2*1-2/h4,6,8H,5,7,9H2,1-3H3,(H,12,13);3H2,1-2H3;1H,2H3;2*1-2H3/b6-4-,10-8+;;;;. The molecule has 0 aromatic carbocycles. The Hall–Kier alpha value is -1.49.